The zero-order valence-electron chi connectivity index (χ0n) is 16.1. The molecule has 2 aliphatic rings. The molecule has 0 saturated carbocycles. The predicted octanol–water partition coefficient (Wildman–Crippen LogP) is 1.21. The summed E-state index contributed by atoms with van der Waals surface area (Å²) in [6.07, 6.45) is 1.80. The monoisotopic (exact) mass is 405 g/mol. The summed E-state index contributed by atoms with van der Waals surface area (Å²) in [4.78, 5) is 24.5. The Morgan fingerprint density at radius 3 is 2.64 bits per heavy atom. The Labute approximate surface area is 169 Å². The Balaban J connectivity index is 1.13. The molecule has 2 aromatic rings. The highest BCUT2D eigenvalue weighted by atomic mass is 32.1. The lowest BCUT2D eigenvalue weighted by atomic mass is 10.2. The van der Waals surface area contributed by atoms with Crippen LogP contribution in [0.2, 0.25) is 0 Å². The molecule has 4 rings (SSSR count). The first-order chi connectivity index (χ1) is 13.8. The van der Waals surface area contributed by atoms with Gasteiger partial charge in [-0.2, -0.15) is 4.98 Å². The molecule has 0 bridgehead atoms. The normalized spacial score (nSPS) is 19.2. The van der Waals surface area contributed by atoms with Crippen molar-refractivity contribution in [1.82, 2.24) is 24.8 Å². The highest BCUT2D eigenvalue weighted by molar-refractivity contribution is 7.13. The topological polar surface area (TPSA) is 74.9 Å². The lowest BCUT2D eigenvalue weighted by molar-refractivity contribution is -0.136. The third-order valence-electron chi connectivity index (χ3n) is 5.26. The summed E-state index contributed by atoms with van der Waals surface area (Å²) >= 11 is 1.62. The number of aryl methyl sites for hydroxylation is 1. The van der Waals surface area contributed by atoms with Crippen LogP contribution in [0.4, 0.5) is 0 Å². The highest BCUT2D eigenvalue weighted by Gasteiger charge is 2.22. The number of hydrogen-bond acceptors (Lipinski definition) is 8. The Morgan fingerprint density at radius 1 is 1.11 bits per heavy atom. The fourth-order valence-electron chi connectivity index (χ4n) is 3.59. The first kappa shape index (κ1) is 19.5. The molecule has 0 aromatic carbocycles. The SMILES string of the molecule is O=C(CN1CCN(CCCc2nc(-c3cccs3)no2)CC1)N1CCOCC1. The predicted molar refractivity (Wildman–Crippen MR) is 106 cm³/mol. The fraction of sp³-hybridized carbons (Fsp3) is 0.632. The Morgan fingerprint density at radius 2 is 1.89 bits per heavy atom. The summed E-state index contributed by atoms with van der Waals surface area (Å²) in [5, 5.41) is 6.07. The van der Waals surface area contributed by atoms with E-state index in [9.17, 15) is 4.79 Å². The summed E-state index contributed by atoms with van der Waals surface area (Å²) < 4.78 is 10.7. The number of piperazine rings is 1. The first-order valence-corrected chi connectivity index (χ1v) is 10.8. The van der Waals surface area contributed by atoms with Gasteiger partial charge in [-0.1, -0.05) is 11.2 Å². The van der Waals surface area contributed by atoms with Crippen LogP contribution in [0.25, 0.3) is 10.7 Å². The average Bonchev–Trinajstić information content (AvgIpc) is 3.42. The van der Waals surface area contributed by atoms with Gasteiger partial charge in [-0.25, -0.2) is 0 Å². The maximum Gasteiger partial charge on any atom is 0.236 e. The van der Waals surface area contributed by atoms with Crippen molar-refractivity contribution in [2.75, 3.05) is 65.6 Å². The number of amides is 1. The number of rotatable bonds is 7. The lowest BCUT2D eigenvalue weighted by Gasteiger charge is -2.36. The van der Waals surface area contributed by atoms with Crippen molar-refractivity contribution in [3.05, 3.63) is 23.4 Å². The minimum absolute atomic E-state index is 0.231. The molecule has 1 amide bonds. The number of ether oxygens (including phenoxy) is 1. The molecule has 0 radical (unpaired) electrons. The van der Waals surface area contributed by atoms with Crippen LogP contribution < -0.4 is 0 Å². The number of carbonyl (C=O) groups excluding carboxylic acids is 1. The van der Waals surface area contributed by atoms with E-state index >= 15 is 0 Å². The minimum Gasteiger partial charge on any atom is -0.378 e. The molecule has 2 saturated heterocycles. The Bertz CT molecular complexity index is 737. The second kappa shape index (κ2) is 9.60. The van der Waals surface area contributed by atoms with E-state index in [1.165, 1.54) is 0 Å². The van der Waals surface area contributed by atoms with E-state index in [1.807, 2.05) is 22.4 Å². The molecule has 0 atom stereocenters. The van der Waals surface area contributed by atoms with Crippen LogP contribution in [0.3, 0.4) is 0 Å². The quantitative estimate of drug-likeness (QED) is 0.685. The molecule has 0 N–H and O–H groups in total. The van der Waals surface area contributed by atoms with Gasteiger partial charge in [-0.05, 0) is 24.4 Å². The van der Waals surface area contributed by atoms with E-state index in [-0.39, 0.29) is 5.91 Å². The van der Waals surface area contributed by atoms with Crippen molar-refractivity contribution < 1.29 is 14.1 Å². The van der Waals surface area contributed by atoms with Crippen molar-refractivity contribution in [3.63, 3.8) is 0 Å². The van der Waals surface area contributed by atoms with E-state index in [1.54, 1.807) is 11.3 Å². The standard InChI is InChI=1S/C19H27N5O3S/c25-18(24-10-12-26-13-11-24)15-23-8-6-22(7-9-23)5-1-4-17-20-19(21-27-17)16-3-2-14-28-16/h2-3,14H,1,4-13,15H2. The van der Waals surface area contributed by atoms with Gasteiger partial charge in [0.2, 0.25) is 17.6 Å². The number of morpholine rings is 1. The van der Waals surface area contributed by atoms with Gasteiger partial charge in [0, 0.05) is 45.7 Å². The largest absolute Gasteiger partial charge is 0.378 e. The molecular formula is C19H27N5O3S. The van der Waals surface area contributed by atoms with E-state index in [0.717, 1.165) is 63.5 Å². The lowest BCUT2D eigenvalue weighted by Crippen LogP contribution is -2.51. The summed E-state index contributed by atoms with van der Waals surface area (Å²) in [5.41, 5.74) is 0. The third-order valence-corrected chi connectivity index (χ3v) is 6.13. The van der Waals surface area contributed by atoms with Crippen molar-refractivity contribution in [2.45, 2.75) is 12.8 Å². The fourth-order valence-corrected chi connectivity index (χ4v) is 4.24. The molecule has 0 unspecified atom stereocenters. The zero-order valence-corrected chi connectivity index (χ0v) is 16.9. The molecule has 28 heavy (non-hydrogen) atoms. The number of thiophene rings is 1. The van der Waals surface area contributed by atoms with Crippen LogP contribution in [0.15, 0.2) is 22.0 Å². The zero-order chi connectivity index (χ0) is 19.2. The van der Waals surface area contributed by atoms with Gasteiger partial charge in [0.15, 0.2) is 0 Å². The second-order valence-corrected chi connectivity index (χ2v) is 8.15. The van der Waals surface area contributed by atoms with Crippen molar-refractivity contribution in [2.24, 2.45) is 0 Å². The molecule has 152 valence electrons. The van der Waals surface area contributed by atoms with Crippen molar-refractivity contribution in [1.29, 1.82) is 0 Å². The average molecular weight is 406 g/mol. The maximum atomic E-state index is 12.4. The third kappa shape index (κ3) is 5.16. The van der Waals surface area contributed by atoms with Gasteiger partial charge in [0.25, 0.3) is 0 Å². The van der Waals surface area contributed by atoms with E-state index in [4.69, 9.17) is 9.26 Å². The van der Waals surface area contributed by atoms with Crippen molar-refractivity contribution >= 4 is 17.2 Å². The Kier molecular flexibility index (Phi) is 6.69. The van der Waals surface area contributed by atoms with Crippen LogP contribution >= 0.6 is 11.3 Å². The van der Waals surface area contributed by atoms with Gasteiger partial charge >= 0.3 is 0 Å². The van der Waals surface area contributed by atoms with E-state index in [0.29, 0.717) is 31.5 Å². The van der Waals surface area contributed by atoms with Gasteiger partial charge in [-0.15, -0.1) is 11.3 Å². The van der Waals surface area contributed by atoms with Gasteiger partial charge in [-0.3, -0.25) is 9.69 Å². The number of aromatic nitrogens is 2. The molecule has 4 heterocycles. The van der Waals surface area contributed by atoms with Gasteiger partial charge in [0.1, 0.15) is 0 Å². The number of carbonyl (C=O) groups is 1. The summed E-state index contributed by atoms with van der Waals surface area (Å²) in [6, 6.07) is 3.99. The molecule has 2 aliphatic heterocycles. The van der Waals surface area contributed by atoms with Crippen molar-refractivity contribution in [3.8, 4) is 10.7 Å². The molecule has 0 spiro atoms. The Hall–Kier alpha value is -1.81. The van der Waals surface area contributed by atoms with E-state index < -0.39 is 0 Å². The van der Waals surface area contributed by atoms with Crippen LogP contribution in [-0.4, -0.2) is 96.3 Å². The smallest absolute Gasteiger partial charge is 0.236 e. The van der Waals surface area contributed by atoms with Gasteiger partial charge in [0.05, 0.1) is 24.6 Å². The summed E-state index contributed by atoms with van der Waals surface area (Å²) in [6.45, 7) is 8.21. The molecule has 9 heteroatoms. The first-order valence-electron chi connectivity index (χ1n) is 9.94. The van der Waals surface area contributed by atoms with Crippen LogP contribution in [0.1, 0.15) is 12.3 Å². The molecular weight excluding hydrogens is 378 g/mol. The minimum atomic E-state index is 0.231. The van der Waals surface area contributed by atoms with Crippen LogP contribution in [0, 0.1) is 0 Å². The van der Waals surface area contributed by atoms with Crippen LogP contribution in [0.5, 0.6) is 0 Å². The molecule has 2 fully saturated rings. The van der Waals surface area contributed by atoms with E-state index in [2.05, 4.69) is 19.9 Å². The summed E-state index contributed by atoms with van der Waals surface area (Å²) in [7, 11) is 0. The highest BCUT2D eigenvalue weighted by Crippen LogP contribution is 2.21. The number of hydrogen-bond donors (Lipinski definition) is 0. The molecule has 0 aliphatic carbocycles. The van der Waals surface area contributed by atoms with Gasteiger partial charge < -0.3 is 19.1 Å². The molecule has 8 nitrogen and oxygen atoms in total. The maximum absolute atomic E-state index is 12.4. The molecule has 2 aromatic heterocycles. The van der Waals surface area contributed by atoms with Crippen LogP contribution in [-0.2, 0) is 16.0 Å². The summed E-state index contributed by atoms with van der Waals surface area (Å²) in [5.74, 6) is 1.62. The second-order valence-electron chi connectivity index (χ2n) is 7.20. The number of nitrogens with zero attached hydrogens (tertiary/aromatic N) is 5.